The largest absolute Gasteiger partial charge is 0.356 e. The van der Waals surface area contributed by atoms with Crippen LogP contribution in [0.1, 0.15) is 32.1 Å². The lowest BCUT2D eigenvalue weighted by Gasteiger charge is -2.30. The predicted octanol–water partition coefficient (Wildman–Crippen LogP) is 1.60. The van der Waals surface area contributed by atoms with Crippen LogP contribution in [0.3, 0.4) is 0 Å². The van der Waals surface area contributed by atoms with Crippen LogP contribution in [0.15, 0.2) is 4.99 Å². The average molecular weight is 423 g/mol. The normalized spacial score (nSPS) is 24.6. The second-order valence-corrected chi connectivity index (χ2v) is 6.55. The van der Waals surface area contributed by atoms with Crippen molar-refractivity contribution in [1.29, 1.82) is 0 Å². The van der Waals surface area contributed by atoms with Crippen molar-refractivity contribution in [3.05, 3.63) is 0 Å². The van der Waals surface area contributed by atoms with Crippen molar-refractivity contribution in [2.75, 3.05) is 59.9 Å². The first-order chi connectivity index (χ1) is 10.3. The van der Waals surface area contributed by atoms with E-state index >= 15 is 0 Å². The topological polar surface area (TPSA) is 42.9 Å². The molecular weight excluding hydrogens is 389 g/mol. The first-order valence-electron chi connectivity index (χ1n) is 8.63. The molecule has 5 nitrogen and oxygen atoms in total. The first-order valence-corrected chi connectivity index (χ1v) is 8.63. The Bertz CT molecular complexity index is 318. The molecule has 0 amide bonds. The zero-order valence-corrected chi connectivity index (χ0v) is 16.6. The summed E-state index contributed by atoms with van der Waals surface area (Å²) in [6.07, 6.45) is 6.79. The maximum absolute atomic E-state index is 4.34. The summed E-state index contributed by atoms with van der Waals surface area (Å²) in [6.45, 7) is 8.14. The van der Waals surface area contributed by atoms with Gasteiger partial charge < -0.3 is 20.4 Å². The number of likely N-dealkylation sites (tertiary alicyclic amines) is 2. The molecule has 1 unspecified atom stereocenters. The maximum atomic E-state index is 4.34. The standard InChI is InChI=1S/C16H33N5.HI/c1-17-16(18-8-12-21-10-4-3-5-11-21)19-13-15-7-6-9-20(2)14-15;/h15H,3-14H2,1-2H3,(H2,17,18,19);1H. The number of rotatable bonds is 5. The molecule has 6 heteroatoms. The van der Waals surface area contributed by atoms with E-state index in [1.807, 2.05) is 7.05 Å². The van der Waals surface area contributed by atoms with E-state index in [0.717, 1.165) is 31.5 Å². The van der Waals surface area contributed by atoms with Crippen LogP contribution in [-0.4, -0.2) is 75.7 Å². The van der Waals surface area contributed by atoms with E-state index in [0.29, 0.717) is 0 Å². The highest BCUT2D eigenvalue weighted by atomic mass is 127. The van der Waals surface area contributed by atoms with E-state index in [4.69, 9.17) is 0 Å². The molecule has 2 saturated heterocycles. The Morgan fingerprint density at radius 1 is 1.09 bits per heavy atom. The van der Waals surface area contributed by atoms with Crippen LogP contribution in [0, 0.1) is 5.92 Å². The molecule has 2 aliphatic heterocycles. The van der Waals surface area contributed by atoms with Crippen LogP contribution in [0.4, 0.5) is 0 Å². The molecule has 2 heterocycles. The van der Waals surface area contributed by atoms with E-state index in [-0.39, 0.29) is 24.0 Å². The van der Waals surface area contributed by atoms with E-state index in [2.05, 4.69) is 32.5 Å². The Labute approximate surface area is 153 Å². The van der Waals surface area contributed by atoms with Crippen LogP contribution in [0.5, 0.6) is 0 Å². The SMILES string of the molecule is CN=C(NCCN1CCCCC1)NCC1CCCN(C)C1.I. The Morgan fingerprint density at radius 3 is 2.55 bits per heavy atom. The van der Waals surface area contributed by atoms with Gasteiger partial charge in [-0.15, -0.1) is 24.0 Å². The van der Waals surface area contributed by atoms with Crippen molar-refractivity contribution in [3.8, 4) is 0 Å². The molecular formula is C16H34IN5. The third kappa shape index (κ3) is 7.46. The molecule has 0 saturated carbocycles. The lowest BCUT2D eigenvalue weighted by atomic mass is 9.99. The molecule has 0 radical (unpaired) electrons. The van der Waals surface area contributed by atoms with Crippen molar-refractivity contribution < 1.29 is 0 Å². The molecule has 2 N–H and O–H groups in total. The van der Waals surface area contributed by atoms with E-state index < -0.39 is 0 Å². The van der Waals surface area contributed by atoms with Gasteiger partial charge in [0.05, 0.1) is 0 Å². The molecule has 0 aromatic heterocycles. The lowest BCUT2D eigenvalue weighted by molar-refractivity contribution is 0.210. The van der Waals surface area contributed by atoms with Gasteiger partial charge in [-0.25, -0.2) is 0 Å². The van der Waals surface area contributed by atoms with Gasteiger partial charge >= 0.3 is 0 Å². The van der Waals surface area contributed by atoms with Gasteiger partial charge in [-0.1, -0.05) is 6.42 Å². The van der Waals surface area contributed by atoms with Gasteiger partial charge in [0, 0.05) is 33.2 Å². The number of hydrogen-bond donors (Lipinski definition) is 2. The molecule has 0 aliphatic carbocycles. The summed E-state index contributed by atoms with van der Waals surface area (Å²) < 4.78 is 0. The minimum absolute atomic E-state index is 0. The molecule has 1 atom stereocenters. The quantitative estimate of drug-likeness (QED) is 0.401. The minimum Gasteiger partial charge on any atom is -0.356 e. The third-order valence-electron chi connectivity index (χ3n) is 4.67. The second-order valence-electron chi connectivity index (χ2n) is 6.55. The minimum atomic E-state index is 0. The van der Waals surface area contributed by atoms with Crippen molar-refractivity contribution in [1.82, 2.24) is 20.4 Å². The summed E-state index contributed by atoms with van der Waals surface area (Å²) in [6, 6.07) is 0. The molecule has 22 heavy (non-hydrogen) atoms. The fourth-order valence-electron chi connectivity index (χ4n) is 3.42. The van der Waals surface area contributed by atoms with Gasteiger partial charge in [0.2, 0.25) is 0 Å². The first kappa shape index (κ1) is 20.0. The summed E-state index contributed by atoms with van der Waals surface area (Å²) in [5, 5.41) is 6.94. The Morgan fingerprint density at radius 2 is 1.86 bits per heavy atom. The van der Waals surface area contributed by atoms with Crippen molar-refractivity contribution in [3.63, 3.8) is 0 Å². The molecule has 0 aromatic carbocycles. The fraction of sp³-hybridized carbons (Fsp3) is 0.938. The maximum Gasteiger partial charge on any atom is 0.191 e. The van der Waals surface area contributed by atoms with Gasteiger partial charge in [0.25, 0.3) is 0 Å². The molecule has 2 rings (SSSR count). The van der Waals surface area contributed by atoms with E-state index in [1.165, 1.54) is 58.3 Å². The third-order valence-corrected chi connectivity index (χ3v) is 4.67. The van der Waals surface area contributed by atoms with Crippen LogP contribution < -0.4 is 10.6 Å². The zero-order chi connectivity index (χ0) is 14.9. The summed E-state index contributed by atoms with van der Waals surface area (Å²) in [4.78, 5) is 9.32. The van der Waals surface area contributed by atoms with E-state index in [9.17, 15) is 0 Å². The van der Waals surface area contributed by atoms with Crippen LogP contribution >= 0.6 is 24.0 Å². The van der Waals surface area contributed by atoms with Crippen molar-refractivity contribution >= 4 is 29.9 Å². The number of piperidine rings is 2. The average Bonchev–Trinajstić information content (AvgIpc) is 2.52. The van der Waals surface area contributed by atoms with Gasteiger partial charge in [-0.3, -0.25) is 4.99 Å². The number of halogens is 1. The predicted molar refractivity (Wildman–Crippen MR) is 105 cm³/mol. The summed E-state index contributed by atoms with van der Waals surface area (Å²) in [5.74, 6) is 1.71. The number of nitrogens with zero attached hydrogens (tertiary/aromatic N) is 3. The Kier molecular flexibility index (Phi) is 10.4. The van der Waals surface area contributed by atoms with Crippen LogP contribution in [0.2, 0.25) is 0 Å². The van der Waals surface area contributed by atoms with Gasteiger partial charge in [0.1, 0.15) is 0 Å². The Hall–Kier alpha value is -0.0800. The van der Waals surface area contributed by atoms with Crippen LogP contribution in [-0.2, 0) is 0 Å². The number of guanidine groups is 1. The number of hydrogen-bond acceptors (Lipinski definition) is 3. The molecule has 130 valence electrons. The van der Waals surface area contributed by atoms with Gasteiger partial charge in [-0.2, -0.15) is 0 Å². The van der Waals surface area contributed by atoms with Gasteiger partial charge in [-0.05, 0) is 58.3 Å². The van der Waals surface area contributed by atoms with Gasteiger partial charge in [0.15, 0.2) is 5.96 Å². The smallest absolute Gasteiger partial charge is 0.191 e. The number of aliphatic imine (C=N–C) groups is 1. The highest BCUT2D eigenvalue weighted by molar-refractivity contribution is 14.0. The number of nitrogens with one attached hydrogen (secondary N) is 2. The fourth-order valence-corrected chi connectivity index (χ4v) is 3.42. The van der Waals surface area contributed by atoms with Crippen molar-refractivity contribution in [2.45, 2.75) is 32.1 Å². The molecule has 0 bridgehead atoms. The summed E-state index contributed by atoms with van der Waals surface area (Å²) in [7, 11) is 4.08. The van der Waals surface area contributed by atoms with E-state index in [1.54, 1.807) is 0 Å². The van der Waals surface area contributed by atoms with Crippen molar-refractivity contribution in [2.24, 2.45) is 10.9 Å². The highest BCUT2D eigenvalue weighted by Crippen LogP contribution is 2.13. The summed E-state index contributed by atoms with van der Waals surface area (Å²) in [5.41, 5.74) is 0. The monoisotopic (exact) mass is 423 g/mol. The lowest BCUT2D eigenvalue weighted by Crippen LogP contribution is -2.45. The highest BCUT2D eigenvalue weighted by Gasteiger charge is 2.17. The Balaban J connectivity index is 0.00000242. The summed E-state index contributed by atoms with van der Waals surface area (Å²) >= 11 is 0. The molecule has 0 aromatic rings. The van der Waals surface area contributed by atoms with Crippen LogP contribution in [0.25, 0.3) is 0 Å². The molecule has 2 aliphatic rings. The second kappa shape index (κ2) is 11.5. The zero-order valence-electron chi connectivity index (χ0n) is 14.3. The molecule has 0 spiro atoms. The molecule has 2 fully saturated rings.